The molecule has 0 radical (unpaired) electrons. The molecule has 0 unspecified atom stereocenters. The van der Waals surface area contributed by atoms with Crippen molar-refractivity contribution in [2.75, 3.05) is 6.79 Å². The predicted octanol–water partition coefficient (Wildman–Crippen LogP) is 0.755. The molecule has 9 heavy (non-hydrogen) atoms. The summed E-state index contributed by atoms with van der Waals surface area (Å²) in [6, 6.07) is 0. The van der Waals surface area contributed by atoms with Gasteiger partial charge in [-0.15, -0.1) is 5.92 Å². The molecule has 0 atom stereocenters. The van der Waals surface area contributed by atoms with Crippen LogP contribution in [0.15, 0.2) is 0 Å². The van der Waals surface area contributed by atoms with Crippen molar-refractivity contribution in [1.82, 2.24) is 0 Å². The van der Waals surface area contributed by atoms with Crippen LogP contribution >= 0.6 is 0 Å². The first kappa shape index (κ1) is 8.48. The molecule has 52 valence electrons. The summed E-state index contributed by atoms with van der Waals surface area (Å²) < 4.78 is 4.85. The number of ether oxygens (including phenoxy) is 1. The molecule has 0 saturated carbocycles. The van der Waals surface area contributed by atoms with E-state index in [2.05, 4.69) is 11.8 Å². The summed E-state index contributed by atoms with van der Waals surface area (Å²) in [6.45, 7) is 5.07. The Bertz CT molecular complexity index is 128. The van der Waals surface area contributed by atoms with Crippen LogP contribution < -0.4 is 0 Å². The highest BCUT2D eigenvalue weighted by atomic mass is 16.6. The average molecular weight is 128 g/mol. The third-order valence-electron chi connectivity index (χ3n) is 0.851. The molecule has 2 heteroatoms. The summed E-state index contributed by atoms with van der Waals surface area (Å²) in [6.07, 6.45) is 0. The number of rotatable bonds is 2. The predicted molar refractivity (Wildman–Crippen MR) is 35.7 cm³/mol. The molecule has 0 amide bonds. The highest BCUT2D eigenvalue weighted by Gasteiger charge is 2.12. The zero-order valence-electron chi connectivity index (χ0n) is 6.06. The first-order valence-electron chi connectivity index (χ1n) is 2.81. The minimum absolute atomic E-state index is 0.276. The quantitative estimate of drug-likeness (QED) is 0.439. The van der Waals surface area contributed by atoms with E-state index >= 15 is 0 Å². The van der Waals surface area contributed by atoms with Crippen molar-refractivity contribution in [3.05, 3.63) is 0 Å². The van der Waals surface area contributed by atoms with E-state index in [1.807, 2.05) is 0 Å². The maximum absolute atomic E-state index is 8.34. The molecular formula is C7H12O2. The Kier molecular flexibility index (Phi) is 3.29. The summed E-state index contributed by atoms with van der Waals surface area (Å²) in [5.41, 5.74) is -0.510. The second kappa shape index (κ2) is 3.49. The lowest BCUT2D eigenvalue weighted by Crippen LogP contribution is -2.22. The lowest BCUT2D eigenvalue weighted by molar-refractivity contribution is -0.0681. The minimum Gasteiger partial charge on any atom is -0.371 e. The summed E-state index contributed by atoms with van der Waals surface area (Å²) in [5, 5.41) is 8.34. The van der Waals surface area contributed by atoms with Crippen LogP contribution in [0.1, 0.15) is 20.8 Å². The summed E-state index contributed by atoms with van der Waals surface area (Å²) in [7, 11) is 0. The van der Waals surface area contributed by atoms with E-state index in [0.717, 1.165) is 0 Å². The lowest BCUT2D eigenvalue weighted by atomic mass is 10.1. The molecule has 0 fully saturated rings. The van der Waals surface area contributed by atoms with Crippen molar-refractivity contribution < 1.29 is 9.84 Å². The second-order valence-electron chi connectivity index (χ2n) is 2.16. The van der Waals surface area contributed by atoms with Crippen molar-refractivity contribution in [3.8, 4) is 11.8 Å². The molecule has 0 bridgehead atoms. The van der Waals surface area contributed by atoms with Gasteiger partial charge in [0.25, 0.3) is 0 Å². The maximum Gasteiger partial charge on any atom is 0.145 e. The highest BCUT2D eigenvalue weighted by molar-refractivity contribution is 5.08. The van der Waals surface area contributed by atoms with Crippen LogP contribution in [0.4, 0.5) is 0 Å². The van der Waals surface area contributed by atoms with Gasteiger partial charge in [-0.25, -0.2) is 0 Å². The van der Waals surface area contributed by atoms with Gasteiger partial charge in [-0.05, 0) is 20.8 Å². The largest absolute Gasteiger partial charge is 0.371 e. The molecule has 0 aliphatic carbocycles. The van der Waals surface area contributed by atoms with Gasteiger partial charge in [-0.2, -0.15) is 0 Å². The Balaban J connectivity index is 3.80. The average Bonchev–Trinajstić information content (AvgIpc) is 1.64. The van der Waals surface area contributed by atoms with Crippen LogP contribution in [0.25, 0.3) is 0 Å². The molecule has 0 aromatic carbocycles. The number of hydrogen-bond donors (Lipinski definition) is 1. The van der Waals surface area contributed by atoms with Gasteiger partial charge in [-0.3, -0.25) is 0 Å². The smallest absolute Gasteiger partial charge is 0.145 e. The molecule has 1 N–H and O–H groups in total. The van der Waals surface area contributed by atoms with Crippen LogP contribution in [0, 0.1) is 11.8 Å². The summed E-state index contributed by atoms with van der Waals surface area (Å²) in [5.74, 6) is 5.50. The molecule has 0 rings (SSSR count). The molecule has 0 aromatic rings. The van der Waals surface area contributed by atoms with Crippen molar-refractivity contribution in [1.29, 1.82) is 0 Å². The number of aliphatic hydroxyl groups is 1. The van der Waals surface area contributed by atoms with E-state index in [1.165, 1.54) is 0 Å². The molecule has 0 spiro atoms. The standard InChI is InChI=1S/C7H12O2/c1-4-5-7(2,3)9-6-8/h8H,6H2,1-3H3. The van der Waals surface area contributed by atoms with Crippen LogP contribution in [-0.2, 0) is 4.74 Å². The molecule has 0 aliphatic heterocycles. The van der Waals surface area contributed by atoms with Gasteiger partial charge < -0.3 is 9.84 Å². The zero-order valence-corrected chi connectivity index (χ0v) is 6.06. The van der Waals surface area contributed by atoms with E-state index in [9.17, 15) is 0 Å². The Morgan fingerprint density at radius 3 is 2.44 bits per heavy atom. The minimum atomic E-state index is -0.510. The van der Waals surface area contributed by atoms with Crippen molar-refractivity contribution in [2.24, 2.45) is 0 Å². The molecule has 2 nitrogen and oxygen atoms in total. The van der Waals surface area contributed by atoms with E-state index in [4.69, 9.17) is 9.84 Å². The zero-order chi connectivity index (χ0) is 7.33. The van der Waals surface area contributed by atoms with E-state index < -0.39 is 5.60 Å². The monoisotopic (exact) mass is 128 g/mol. The van der Waals surface area contributed by atoms with Crippen molar-refractivity contribution >= 4 is 0 Å². The van der Waals surface area contributed by atoms with Gasteiger partial charge in [0, 0.05) is 0 Å². The van der Waals surface area contributed by atoms with Gasteiger partial charge in [-0.1, -0.05) is 5.92 Å². The van der Waals surface area contributed by atoms with Crippen LogP contribution in [0.2, 0.25) is 0 Å². The summed E-state index contributed by atoms with van der Waals surface area (Å²) >= 11 is 0. The first-order chi connectivity index (χ1) is 4.12. The Morgan fingerprint density at radius 1 is 1.56 bits per heavy atom. The fourth-order valence-electron chi connectivity index (χ4n) is 0.498. The molecule has 0 heterocycles. The van der Waals surface area contributed by atoms with Crippen molar-refractivity contribution in [3.63, 3.8) is 0 Å². The fourth-order valence-corrected chi connectivity index (χ4v) is 0.498. The van der Waals surface area contributed by atoms with Gasteiger partial charge >= 0.3 is 0 Å². The maximum atomic E-state index is 8.34. The fraction of sp³-hybridized carbons (Fsp3) is 0.714. The third-order valence-corrected chi connectivity index (χ3v) is 0.851. The molecule has 0 aromatic heterocycles. The van der Waals surface area contributed by atoms with Gasteiger partial charge in [0.15, 0.2) is 0 Å². The van der Waals surface area contributed by atoms with Crippen LogP contribution in [0.3, 0.4) is 0 Å². The van der Waals surface area contributed by atoms with Gasteiger partial charge in [0.05, 0.1) is 0 Å². The van der Waals surface area contributed by atoms with E-state index in [0.29, 0.717) is 0 Å². The number of aliphatic hydroxyl groups excluding tert-OH is 1. The third kappa shape index (κ3) is 4.01. The Labute approximate surface area is 55.8 Å². The number of hydrogen-bond acceptors (Lipinski definition) is 2. The lowest BCUT2D eigenvalue weighted by Gasteiger charge is -2.15. The molecular weight excluding hydrogens is 116 g/mol. The van der Waals surface area contributed by atoms with Gasteiger partial charge in [0.2, 0.25) is 0 Å². The first-order valence-corrected chi connectivity index (χ1v) is 2.81. The Morgan fingerprint density at radius 2 is 2.11 bits per heavy atom. The highest BCUT2D eigenvalue weighted by Crippen LogP contribution is 2.04. The van der Waals surface area contributed by atoms with Crippen LogP contribution in [0.5, 0.6) is 0 Å². The SMILES string of the molecule is CC#CC(C)(C)OCO. The van der Waals surface area contributed by atoms with Crippen LogP contribution in [-0.4, -0.2) is 17.5 Å². The Hall–Kier alpha value is -0.520. The second-order valence-corrected chi connectivity index (χ2v) is 2.16. The summed E-state index contributed by atoms with van der Waals surface area (Å²) in [4.78, 5) is 0. The topological polar surface area (TPSA) is 29.5 Å². The van der Waals surface area contributed by atoms with E-state index in [-0.39, 0.29) is 6.79 Å². The van der Waals surface area contributed by atoms with E-state index in [1.54, 1.807) is 20.8 Å². The normalized spacial score (nSPS) is 10.2. The molecule has 0 aliphatic rings. The molecule has 0 saturated heterocycles. The van der Waals surface area contributed by atoms with Crippen molar-refractivity contribution in [2.45, 2.75) is 26.4 Å². The van der Waals surface area contributed by atoms with Gasteiger partial charge in [0.1, 0.15) is 12.4 Å².